The summed E-state index contributed by atoms with van der Waals surface area (Å²) in [6.07, 6.45) is 3.33. The molecule has 1 aromatic heterocycles. The van der Waals surface area contributed by atoms with E-state index in [0.717, 1.165) is 23.4 Å². The Labute approximate surface area is 99.2 Å². The van der Waals surface area contributed by atoms with Gasteiger partial charge in [-0.3, -0.25) is 0 Å². The minimum atomic E-state index is 0.585. The zero-order chi connectivity index (χ0) is 11.3. The summed E-state index contributed by atoms with van der Waals surface area (Å²) >= 11 is 3.44. The number of nitrogens with one attached hydrogen (secondary N) is 1. The van der Waals surface area contributed by atoms with Crippen LogP contribution in [-0.2, 0) is 0 Å². The maximum absolute atomic E-state index is 4.24. The number of rotatable bonds is 5. The number of hydrogen-bond acceptors (Lipinski definition) is 4. The van der Waals surface area contributed by atoms with Crippen molar-refractivity contribution in [3.63, 3.8) is 0 Å². The summed E-state index contributed by atoms with van der Waals surface area (Å²) < 4.78 is 0.934. The fraction of sp³-hybridized carbons (Fsp3) is 0.600. The van der Waals surface area contributed by atoms with Crippen LogP contribution in [0.4, 0.5) is 5.82 Å². The first kappa shape index (κ1) is 12.4. The Hall–Kier alpha value is -0.680. The van der Waals surface area contributed by atoms with Gasteiger partial charge in [-0.05, 0) is 35.4 Å². The molecule has 0 bridgehead atoms. The van der Waals surface area contributed by atoms with Crippen molar-refractivity contribution in [3.8, 4) is 0 Å². The standard InChI is InChI=1S/C10H17BrN4/c1-8(4-12-2)6-15(3)10-9(11)5-13-7-14-10/h5,7-8,12H,4,6H2,1-3H3. The van der Waals surface area contributed by atoms with Crippen LogP contribution in [0.3, 0.4) is 0 Å². The van der Waals surface area contributed by atoms with Crippen LogP contribution in [0.25, 0.3) is 0 Å². The average Bonchev–Trinajstić information content (AvgIpc) is 2.18. The first-order chi connectivity index (χ1) is 7.15. The Bertz CT molecular complexity index is 305. The molecule has 1 atom stereocenters. The molecule has 0 fully saturated rings. The minimum Gasteiger partial charge on any atom is -0.358 e. The number of hydrogen-bond donors (Lipinski definition) is 1. The molecule has 0 aromatic carbocycles. The largest absolute Gasteiger partial charge is 0.358 e. The maximum atomic E-state index is 4.24. The van der Waals surface area contributed by atoms with Crippen LogP contribution in [0.5, 0.6) is 0 Å². The van der Waals surface area contributed by atoms with Crippen molar-refractivity contribution in [2.24, 2.45) is 5.92 Å². The lowest BCUT2D eigenvalue weighted by molar-refractivity contribution is 0.540. The zero-order valence-electron chi connectivity index (χ0n) is 9.37. The Morgan fingerprint density at radius 3 is 2.93 bits per heavy atom. The predicted octanol–water partition coefficient (Wildman–Crippen LogP) is 1.53. The third kappa shape index (κ3) is 3.76. The van der Waals surface area contributed by atoms with Crippen LogP contribution in [0, 0.1) is 5.92 Å². The quantitative estimate of drug-likeness (QED) is 0.883. The molecule has 4 nitrogen and oxygen atoms in total. The number of nitrogens with zero attached hydrogens (tertiary/aromatic N) is 3. The number of halogens is 1. The van der Waals surface area contributed by atoms with Crippen molar-refractivity contribution in [2.45, 2.75) is 6.92 Å². The van der Waals surface area contributed by atoms with Crippen molar-refractivity contribution in [2.75, 3.05) is 32.1 Å². The van der Waals surface area contributed by atoms with Gasteiger partial charge in [0.05, 0.1) is 4.47 Å². The molecule has 1 unspecified atom stereocenters. The molecule has 1 heterocycles. The summed E-state index contributed by atoms with van der Waals surface area (Å²) in [5.41, 5.74) is 0. The monoisotopic (exact) mass is 272 g/mol. The van der Waals surface area contributed by atoms with Crippen molar-refractivity contribution in [1.29, 1.82) is 0 Å². The van der Waals surface area contributed by atoms with Gasteiger partial charge < -0.3 is 10.2 Å². The SMILES string of the molecule is CNCC(C)CN(C)c1ncncc1Br. The van der Waals surface area contributed by atoms with E-state index in [9.17, 15) is 0 Å². The molecular formula is C10H17BrN4. The summed E-state index contributed by atoms with van der Waals surface area (Å²) in [7, 11) is 4.01. The van der Waals surface area contributed by atoms with Crippen LogP contribution >= 0.6 is 15.9 Å². The third-order valence-electron chi connectivity index (χ3n) is 2.15. The van der Waals surface area contributed by atoms with Gasteiger partial charge in [-0.2, -0.15) is 0 Å². The van der Waals surface area contributed by atoms with Crippen molar-refractivity contribution in [1.82, 2.24) is 15.3 Å². The Morgan fingerprint density at radius 2 is 2.33 bits per heavy atom. The van der Waals surface area contributed by atoms with Gasteiger partial charge in [0.15, 0.2) is 0 Å². The van der Waals surface area contributed by atoms with E-state index < -0.39 is 0 Å². The number of aromatic nitrogens is 2. The molecule has 0 radical (unpaired) electrons. The summed E-state index contributed by atoms with van der Waals surface area (Å²) in [4.78, 5) is 10.3. The molecular weight excluding hydrogens is 256 g/mol. The normalized spacial score (nSPS) is 12.5. The fourth-order valence-electron chi connectivity index (χ4n) is 1.55. The highest BCUT2D eigenvalue weighted by Crippen LogP contribution is 2.21. The van der Waals surface area contributed by atoms with E-state index in [1.165, 1.54) is 0 Å². The lowest BCUT2D eigenvalue weighted by atomic mass is 10.1. The van der Waals surface area contributed by atoms with E-state index in [4.69, 9.17) is 0 Å². The lowest BCUT2D eigenvalue weighted by Crippen LogP contribution is -2.30. The molecule has 0 aliphatic carbocycles. The van der Waals surface area contributed by atoms with E-state index in [1.807, 2.05) is 14.1 Å². The first-order valence-corrected chi connectivity index (χ1v) is 5.75. The van der Waals surface area contributed by atoms with E-state index in [-0.39, 0.29) is 0 Å². The summed E-state index contributed by atoms with van der Waals surface area (Å²) in [6, 6.07) is 0. The van der Waals surface area contributed by atoms with Crippen LogP contribution in [0.15, 0.2) is 17.0 Å². The smallest absolute Gasteiger partial charge is 0.146 e. The molecule has 0 saturated carbocycles. The predicted molar refractivity (Wildman–Crippen MR) is 66.1 cm³/mol. The Kier molecular flexibility index (Phi) is 4.98. The Balaban J connectivity index is 2.61. The van der Waals surface area contributed by atoms with Gasteiger partial charge in [0.2, 0.25) is 0 Å². The molecule has 15 heavy (non-hydrogen) atoms. The van der Waals surface area contributed by atoms with Gasteiger partial charge >= 0.3 is 0 Å². The molecule has 1 aromatic rings. The van der Waals surface area contributed by atoms with Crippen LogP contribution in [-0.4, -0.2) is 37.2 Å². The second-order valence-corrected chi connectivity index (χ2v) is 4.59. The highest BCUT2D eigenvalue weighted by atomic mass is 79.9. The van der Waals surface area contributed by atoms with Crippen LogP contribution in [0.2, 0.25) is 0 Å². The zero-order valence-corrected chi connectivity index (χ0v) is 11.0. The van der Waals surface area contributed by atoms with E-state index in [1.54, 1.807) is 12.5 Å². The molecule has 0 spiro atoms. The van der Waals surface area contributed by atoms with Gasteiger partial charge in [0, 0.05) is 19.8 Å². The van der Waals surface area contributed by atoms with Gasteiger partial charge in [-0.25, -0.2) is 9.97 Å². The second-order valence-electron chi connectivity index (χ2n) is 3.74. The molecule has 5 heteroatoms. The summed E-state index contributed by atoms with van der Waals surface area (Å²) in [5.74, 6) is 1.52. The highest BCUT2D eigenvalue weighted by Gasteiger charge is 2.10. The average molecular weight is 273 g/mol. The van der Waals surface area contributed by atoms with Crippen molar-refractivity contribution >= 4 is 21.7 Å². The Morgan fingerprint density at radius 1 is 1.60 bits per heavy atom. The fourth-order valence-corrected chi connectivity index (χ4v) is 2.08. The lowest BCUT2D eigenvalue weighted by Gasteiger charge is -2.22. The first-order valence-electron chi connectivity index (χ1n) is 4.96. The van der Waals surface area contributed by atoms with Crippen LogP contribution < -0.4 is 10.2 Å². The molecule has 1 N–H and O–H groups in total. The topological polar surface area (TPSA) is 41.0 Å². The minimum absolute atomic E-state index is 0.585. The third-order valence-corrected chi connectivity index (χ3v) is 2.71. The summed E-state index contributed by atoms with van der Waals surface area (Å²) in [6.45, 7) is 4.19. The van der Waals surface area contributed by atoms with Gasteiger partial charge in [-0.15, -0.1) is 0 Å². The molecule has 0 aliphatic rings. The van der Waals surface area contributed by atoms with E-state index in [0.29, 0.717) is 5.92 Å². The highest BCUT2D eigenvalue weighted by molar-refractivity contribution is 9.10. The maximum Gasteiger partial charge on any atom is 0.146 e. The van der Waals surface area contributed by atoms with Crippen molar-refractivity contribution < 1.29 is 0 Å². The number of anilines is 1. The molecule has 0 aliphatic heterocycles. The van der Waals surface area contributed by atoms with E-state index >= 15 is 0 Å². The van der Waals surface area contributed by atoms with E-state index in [2.05, 4.69) is 43.0 Å². The molecule has 1 rings (SSSR count). The van der Waals surface area contributed by atoms with Crippen molar-refractivity contribution in [3.05, 3.63) is 17.0 Å². The van der Waals surface area contributed by atoms with Gasteiger partial charge in [0.25, 0.3) is 0 Å². The van der Waals surface area contributed by atoms with Crippen LogP contribution in [0.1, 0.15) is 6.92 Å². The second kappa shape index (κ2) is 6.02. The summed E-state index contributed by atoms with van der Waals surface area (Å²) in [5, 5.41) is 3.17. The van der Waals surface area contributed by atoms with Gasteiger partial charge in [-0.1, -0.05) is 6.92 Å². The molecule has 84 valence electrons. The molecule has 0 saturated heterocycles. The van der Waals surface area contributed by atoms with Gasteiger partial charge in [0.1, 0.15) is 12.1 Å². The molecule has 0 amide bonds.